The molecule has 0 radical (unpaired) electrons. The van der Waals surface area contributed by atoms with Crippen LogP contribution < -0.4 is 101 Å². The second-order valence-corrected chi connectivity index (χ2v) is 31.4. The van der Waals surface area contributed by atoms with Crippen molar-refractivity contribution in [3.05, 3.63) is 218 Å². The van der Waals surface area contributed by atoms with Gasteiger partial charge in [0.2, 0.25) is 23.6 Å². The summed E-state index contributed by atoms with van der Waals surface area (Å²) < 4.78 is 58.1. The molecule has 12 heterocycles. The van der Waals surface area contributed by atoms with E-state index in [4.69, 9.17) is 56.8 Å². The van der Waals surface area contributed by atoms with Crippen LogP contribution in [0.1, 0.15) is 46.5 Å². The molecule has 12 aliphatic heterocycles. The summed E-state index contributed by atoms with van der Waals surface area (Å²) in [6, 6.07) is -1.34. The first-order valence-electron chi connectivity index (χ1n) is 43.4. The van der Waals surface area contributed by atoms with Crippen molar-refractivity contribution in [3.8, 4) is 0 Å². The monoisotopic (exact) mass is 2080 g/mol. The van der Waals surface area contributed by atoms with Gasteiger partial charge in [0.25, 0.3) is 59.1 Å². The average Bonchev–Trinajstić information content (AvgIpc) is 1.55. The normalized spacial score (nSPS) is 20.2. The van der Waals surface area contributed by atoms with Gasteiger partial charge in [-0.15, -0.1) is 0 Å². The van der Waals surface area contributed by atoms with Crippen molar-refractivity contribution < 1.29 is 186 Å². The molecule has 792 valence electrons. The first-order valence-corrected chi connectivity index (χ1v) is 43.4. The van der Waals surface area contributed by atoms with Gasteiger partial charge in [0.1, 0.15) is 87.2 Å². The highest BCUT2D eigenvalue weighted by atomic mass is 16.6. The van der Waals surface area contributed by atoms with Gasteiger partial charge in [-0.05, 0) is 0 Å². The van der Waals surface area contributed by atoms with Gasteiger partial charge in [-0.1, -0.05) is 53.3 Å². The Hall–Kier alpha value is -20.0. The van der Waals surface area contributed by atoms with E-state index in [0.717, 1.165) is 72.9 Å². The molecule has 6 saturated heterocycles. The summed E-state index contributed by atoms with van der Waals surface area (Å²) in [7, 11) is 0. The average molecular weight is 2080 g/mol. The van der Waals surface area contributed by atoms with Crippen LogP contribution in [0.3, 0.4) is 0 Å². The lowest BCUT2D eigenvalue weighted by molar-refractivity contribution is -0.154. The van der Waals surface area contributed by atoms with Crippen molar-refractivity contribution >= 4 is 160 Å². The molecule has 59 heteroatoms. The van der Waals surface area contributed by atoms with Crippen molar-refractivity contribution in [2.24, 2.45) is 5.41 Å². The first-order chi connectivity index (χ1) is 70.5. The third kappa shape index (κ3) is 41.2. The molecular formula is C90H98N20O39. The van der Waals surface area contributed by atoms with Crippen LogP contribution in [-0.4, -0.2) is 287 Å². The first kappa shape index (κ1) is 116. The number of imide groups is 2. The van der Waals surface area contributed by atoms with Gasteiger partial charge >= 0.3 is 77.7 Å². The van der Waals surface area contributed by atoms with E-state index in [1.54, 1.807) is 13.8 Å². The number of carbonyl (C=O) groups is 27. The number of hydrogen-bond acceptors (Lipinski definition) is 45. The van der Waals surface area contributed by atoms with E-state index in [9.17, 15) is 129 Å². The molecule has 16 amide bonds. The van der Waals surface area contributed by atoms with Gasteiger partial charge in [0.05, 0.1) is 58.9 Å². The molecule has 6 fully saturated rings. The third-order valence-electron chi connectivity index (χ3n) is 19.4. The van der Waals surface area contributed by atoms with Crippen molar-refractivity contribution in [3.63, 3.8) is 0 Å². The number of ether oxygens (including phenoxy) is 12. The Morgan fingerprint density at radius 3 is 0.906 bits per heavy atom. The van der Waals surface area contributed by atoms with Crippen LogP contribution >= 0.6 is 0 Å². The van der Waals surface area contributed by atoms with Crippen molar-refractivity contribution in [1.29, 1.82) is 0 Å². The maximum atomic E-state index is 11.9. The van der Waals surface area contributed by atoms with E-state index in [2.05, 4.69) is 130 Å². The summed E-state index contributed by atoms with van der Waals surface area (Å²) in [5, 5.41) is 47.2. The van der Waals surface area contributed by atoms with Gasteiger partial charge in [-0.25, -0.2) is 62.3 Å². The number of carbonyl (C=O) groups excluding carboxylic acids is 27. The number of nitrogens with one attached hydrogen (secondary N) is 19. The molecule has 6 atom stereocenters. The number of rotatable bonds is 33. The van der Waals surface area contributed by atoms with E-state index in [1.165, 1.54) is 49.0 Å². The van der Waals surface area contributed by atoms with Crippen LogP contribution in [0.5, 0.6) is 0 Å². The zero-order valence-electron chi connectivity index (χ0n) is 79.0. The molecule has 12 rings (SSSR count). The summed E-state index contributed by atoms with van der Waals surface area (Å²) in [6.07, 6.45) is 14.1. The van der Waals surface area contributed by atoms with Gasteiger partial charge in [-0.3, -0.25) is 77.8 Å². The third-order valence-corrected chi connectivity index (χ3v) is 19.4. The highest BCUT2D eigenvalue weighted by molar-refractivity contribution is 6.08. The van der Waals surface area contributed by atoms with Crippen LogP contribution in [0.4, 0.5) is 4.79 Å². The molecular weight excluding hydrogens is 1990 g/mol. The molecule has 6 unspecified atom stereocenters. The standard InChI is InChI=1S/C18H22N4O7.C16H19N3O6.C14H16N4O6.2C14H13N3O7.C14H15N3O6/c1-11-20-9-13(17(26)21-11)10-29-16(25)4-3-15(24)28-8-5-14-18(27)19-6-7-22(14)12(2)23;1-9-17-6-10(14(22)19-9)7-24-11(20)4-5-12(21)25-13-15(23)18-8-16(13,2)3;1-8-15-4-9(13(21)17-8)6-23-11(19)2-3-12(20)24-7-10-5-16-14(22)18-10;2*1-7-15-5-8(13(21)16-7)6-23-11(19)2-3-12(20)24-9-4-10(18)17-14(9)22;1-8-16-6-9(13(20)17-8)7-22-11(18)2-3-12(19)23-10-4-5-15-14(10)21/h3-4,9,14,20H,1,5-8,10H2,2H3,(H,19,27)(H,21,26);4-6,13,17H,1,7-8H2,2-3H3,(H,18,23)(H,19,22);2-4,10,15H,1,5-7H2,(H,17,21)(H2,16,18,22);2*2-3,5,9,15H,1,4,6H2,(H,16,21)(H,17,18,22);2-3,6,10,16H,1,4-5,7H2,(H,15,21)(H,17,20)/b4-3+;5-4+;4*3-2+. The van der Waals surface area contributed by atoms with Crippen molar-refractivity contribution in [1.82, 2.24) is 106 Å². The van der Waals surface area contributed by atoms with Crippen LogP contribution in [-0.2, 0) is 182 Å². The maximum Gasteiger partial charge on any atom is 0.331 e. The fourth-order valence-electron chi connectivity index (χ4n) is 11.8. The summed E-state index contributed by atoms with van der Waals surface area (Å²) in [4.78, 5) is 310. The lowest BCUT2D eigenvalue weighted by atomic mass is 9.90. The SMILES string of the molecule is C=C1NC=C(COC(=O)/C=C/C(=O)OC2C(=O)NCC2(C)C)C(=O)N1.C=C1NC=C(COC(=O)/C=C/C(=O)OC2CC(=O)NC2=O)C(=O)N1.C=C1NC=C(COC(=O)/C=C/C(=O)OC2CC(=O)NC2=O)C(=O)N1.C=C1NC=C(COC(=O)/C=C/C(=O)OC2CCNC2=O)C(=O)N1.C=C1NC=C(COC(=O)/C=C/C(=O)OCC2CNC(=O)N2)C(=O)N1.C=C1NC=C(COC(=O)/C=C/C(=O)OCCC2C(=O)NCCN2C(C)=O)C(=O)N1. The molecule has 0 aromatic carbocycles. The van der Waals surface area contributed by atoms with E-state index >= 15 is 0 Å². The molecule has 19 N–H and O–H groups in total. The fourth-order valence-corrected chi connectivity index (χ4v) is 11.8. The van der Waals surface area contributed by atoms with Crippen LogP contribution in [0.15, 0.2) is 218 Å². The lowest BCUT2D eigenvalue weighted by Gasteiger charge is -2.34. The van der Waals surface area contributed by atoms with Crippen LogP contribution in [0, 0.1) is 5.41 Å². The minimum atomic E-state index is -1.21. The molecule has 0 bridgehead atoms. The topological polar surface area (TPSA) is 803 Å². The highest BCUT2D eigenvalue weighted by Crippen LogP contribution is 2.28. The second-order valence-electron chi connectivity index (χ2n) is 31.4. The molecule has 0 spiro atoms. The summed E-state index contributed by atoms with van der Waals surface area (Å²) >= 11 is 0. The lowest BCUT2D eigenvalue weighted by Crippen LogP contribution is -2.57. The maximum absolute atomic E-state index is 11.9. The van der Waals surface area contributed by atoms with E-state index in [1.807, 2.05) is 10.6 Å². The Labute approximate surface area is 841 Å². The Balaban J connectivity index is 0.000000242. The van der Waals surface area contributed by atoms with Crippen molar-refractivity contribution in [2.75, 3.05) is 85.6 Å². The molecule has 0 aromatic heterocycles. The van der Waals surface area contributed by atoms with Gasteiger partial charge in [-0.2, -0.15) is 0 Å². The molecule has 12 aliphatic rings. The molecule has 59 nitrogen and oxygen atoms in total. The van der Waals surface area contributed by atoms with E-state index in [0.29, 0.717) is 74.1 Å². The Morgan fingerprint density at radius 1 is 0.342 bits per heavy atom. The molecule has 0 aliphatic carbocycles. The predicted molar refractivity (Wildman–Crippen MR) is 492 cm³/mol. The molecule has 0 aromatic rings. The Bertz CT molecular complexity index is 5820. The van der Waals surface area contributed by atoms with Crippen LogP contribution in [0.2, 0.25) is 0 Å². The summed E-state index contributed by atoms with van der Waals surface area (Å²) in [5.74, 6) is -14.8. The zero-order chi connectivity index (χ0) is 110. The number of esters is 12. The Morgan fingerprint density at radius 2 is 0.638 bits per heavy atom. The van der Waals surface area contributed by atoms with Crippen LogP contribution in [0.25, 0.3) is 0 Å². The predicted octanol–water partition coefficient (Wildman–Crippen LogP) is -9.12. The minimum Gasteiger partial charge on any atom is -0.462 e. The summed E-state index contributed by atoms with van der Waals surface area (Å²) in [6.45, 7) is 26.1. The Kier molecular flexibility index (Phi) is 44.5. The number of nitrogens with zero attached hydrogens (tertiary/aromatic N) is 1. The second kappa shape index (κ2) is 57.2. The number of piperazine rings is 1. The number of urea groups is 1. The smallest absolute Gasteiger partial charge is 0.331 e. The highest BCUT2D eigenvalue weighted by Gasteiger charge is 2.45. The van der Waals surface area contributed by atoms with E-state index < -0.39 is 167 Å². The minimum absolute atomic E-state index is 0.0143. The van der Waals surface area contributed by atoms with Crippen molar-refractivity contribution in [2.45, 2.75) is 83.0 Å². The quantitative estimate of drug-likeness (QED) is 0.0126. The van der Waals surface area contributed by atoms with Gasteiger partial charge in [0, 0.05) is 168 Å². The number of amides is 16. The number of hydrogen-bond donors (Lipinski definition) is 19. The molecule has 149 heavy (non-hydrogen) atoms. The van der Waals surface area contributed by atoms with Gasteiger partial charge in [0.15, 0.2) is 24.4 Å². The van der Waals surface area contributed by atoms with E-state index in [-0.39, 0.29) is 141 Å². The largest absolute Gasteiger partial charge is 0.462 e. The zero-order valence-corrected chi connectivity index (χ0v) is 79.0. The molecule has 0 saturated carbocycles. The fraction of sp³-hybridized carbons (Fsp3) is 0.300. The summed E-state index contributed by atoms with van der Waals surface area (Å²) in [5.41, 5.74) is 0.573. The van der Waals surface area contributed by atoms with Gasteiger partial charge < -0.3 is 152 Å².